The molecule has 3 aromatic rings. The average molecular weight is 307 g/mol. The van der Waals surface area contributed by atoms with E-state index in [9.17, 15) is 4.79 Å². The Morgan fingerprint density at radius 3 is 2.90 bits per heavy atom. The van der Waals surface area contributed by atoms with Gasteiger partial charge in [0.15, 0.2) is 5.13 Å². The lowest BCUT2D eigenvalue weighted by Gasteiger charge is -1.98. The van der Waals surface area contributed by atoms with Crippen LogP contribution in [0, 0.1) is 13.8 Å². The molecule has 0 saturated carbocycles. The largest absolute Gasteiger partial charge is 0.452 e. The number of rotatable bonds is 2. The van der Waals surface area contributed by atoms with Crippen LogP contribution in [0.15, 0.2) is 28.9 Å². The van der Waals surface area contributed by atoms with Crippen LogP contribution in [-0.2, 0) is 0 Å². The predicted molar refractivity (Wildman–Crippen MR) is 80.8 cm³/mol. The van der Waals surface area contributed by atoms with Gasteiger partial charge in [-0.3, -0.25) is 10.1 Å². The van der Waals surface area contributed by atoms with Crippen LogP contribution in [0.25, 0.3) is 10.2 Å². The Hall–Kier alpha value is -1.85. The number of aryl methyl sites for hydroxylation is 2. The summed E-state index contributed by atoms with van der Waals surface area (Å²) in [7, 11) is 0. The van der Waals surface area contributed by atoms with Gasteiger partial charge in [0.25, 0.3) is 5.91 Å². The first kappa shape index (κ1) is 13.1. The van der Waals surface area contributed by atoms with Crippen molar-refractivity contribution >= 4 is 44.2 Å². The zero-order valence-corrected chi connectivity index (χ0v) is 12.4. The minimum atomic E-state index is -0.322. The Balaban J connectivity index is 1.94. The second-order valence-corrected chi connectivity index (χ2v) is 5.88. The molecule has 6 heteroatoms. The number of furan rings is 1. The number of thiazole rings is 1. The van der Waals surface area contributed by atoms with Crippen molar-refractivity contribution in [2.45, 2.75) is 13.8 Å². The Morgan fingerprint density at radius 2 is 2.20 bits per heavy atom. The van der Waals surface area contributed by atoms with Crippen molar-refractivity contribution in [3.8, 4) is 0 Å². The molecule has 0 radical (unpaired) electrons. The number of hydrogen-bond donors (Lipinski definition) is 1. The number of anilines is 1. The maximum atomic E-state index is 12.0. The molecule has 0 fully saturated rings. The molecule has 2 aromatic heterocycles. The fraction of sp³-hybridized carbons (Fsp3) is 0.143. The minimum absolute atomic E-state index is 0.0793. The molecule has 0 aliphatic heterocycles. The number of halogens is 1. The zero-order chi connectivity index (χ0) is 14.3. The molecule has 0 saturated heterocycles. The van der Waals surface area contributed by atoms with Crippen LogP contribution in [0.3, 0.4) is 0 Å². The van der Waals surface area contributed by atoms with Gasteiger partial charge in [0.1, 0.15) is 0 Å². The Labute approximate surface area is 124 Å². The van der Waals surface area contributed by atoms with Crippen molar-refractivity contribution in [1.29, 1.82) is 0 Å². The summed E-state index contributed by atoms with van der Waals surface area (Å²) in [6, 6.07) is 5.65. The third kappa shape index (κ3) is 2.30. The highest BCUT2D eigenvalue weighted by molar-refractivity contribution is 7.22. The monoisotopic (exact) mass is 306 g/mol. The molecular weight excluding hydrogens is 296 g/mol. The van der Waals surface area contributed by atoms with E-state index < -0.39 is 0 Å². The van der Waals surface area contributed by atoms with E-state index in [-0.39, 0.29) is 11.1 Å². The normalized spacial score (nSPS) is 10.9. The Kier molecular flexibility index (Phi) is 3.23. The third-order valence-electron chi connectivity index (χ3n) is 2.91. The van der Waals surface area contributed by atoms with Gasteiger partial charge in [-0.05, 0) is 48.7 Å². The van der Waals surface area contributed by atoms with Crippen LogP contribution < -0.4 is 5.32 Å². The summed E-state index contributed by atoms with van der Waals surface area (Å²) in [5.41, 5.74) is 3.49. The quantitative estimate of drug-likeness (QED) is 0.763. The van der Waals surface area contributed by atoms with Crippen LogP contribution in [0.4, 0.5) is 5.13 Å². The topological polar surface area (TPSA) is 55.1 Å². The maximum Gasteiger partial charge on any atom is 0.262 e. The van der Waals surface area contributed by atoms with Gasteiger partial charge in [0.2, 0.25) is 5.22 Å². The van der Waals surface area contributed by atoms with Crippen molar-refractivity contribution in [3.05, 3.63) is 46.4 Å². The van der Waals surface area contributed by atoms with E-state index in [2.05, 4.69) is 22.4 Å². The fourth-order valence-corrected chi connectivity index (χ4v) is 3.28. The molecule has 0 unspecified atom stereocenters. The van der Waals surface area contributed by atoms with E-state index in [4.69, 9.17) is 16.0 Å². The summed E-state index contributed by atoms with van der Waals surface area (Å²) in [5.74, 6) is -0.322. The van der Waals surface area contributed by atoms with Crippen LogP contribution in [0.1, 0.15) is 21.5 Å². The zero-order valence-electron chi connectivity index (χ0n) is 10.9. The van der Waals surface area contributed by atoms with E-state index in [1.54, 1.807) is 0 Å². The number of carbonyl (C=O) groups excluding carboxylic acids is 1. The third-order valence-corrected chi connectivity index (χ3v) is 4.12. The summed E-state index contributed by atoms with van der Waals surface area (Å²) in [5, 5.41) is 3.38. The number of nitrogens with one attached hydrogen (secondary N) is 1. The first-order valence-electron chi connectivity index (χ1n) is 5.97. The van der Waals surface area contributed by atoms with Crippen LogP contribution >= 0.6 is 22.9 Å². The number of fused-ring (bicyclic) bond motifs is 1. The number of aromatic nitrogens is 1. The number of amides is 1. The lowest BCUT2D eigenvalue weighted by atomic mass is 10.1. The van der Waals surface area contributed by atoms with Crippen molar-refractivity contribution in [3.63, 3.8) is 0 Å². The van der Waals surface area contributed by atoms with Gasteiger partial charge >= 0.3 is 0 Å². The van der Waals surface area contributed by atoms with Crippen LogP contribution in [0.2, 0.25) is 5.22 Å². The van der Waals surface area contributed by atoms with Crippen molar-refractivity contribution in [1.82, 2.24) is 4.98 Å². The highest BCUT2D eigenvalue weighted by Gasteiger charge is 2.15. The molecule has 0 aliphatic carbocycles. The fourth-order valence-electron chi connectivity index (χ4n) is 2.04. The molecule has 1 N–H and O–H groups in total. The van der Waals surface area contributed by atoms with Gasteiger partial charge in [-0.25, -0.2) is 4.98 Å². The molecule has 0 spiro atoms. The molecular formula is C14H11ClN2O2S. The van der Waals surface area contributed by atoms with Crippen molar-refractivity contribution < 1.29 is 9.21 Å². The molecule has 102 valence electrons. The molecule has 1 aromatic carbocycles. The van der Waals surface area contributed by atoms with Gasteiger partial charge in [-0.2, -0.15) is 0 Å². The minimum Gasteiger partial charge on any atom is -0.452 e. The Morgan fingerprint density at radius 1 is 1.40 bits per heavy atom. The van der Waals surface area contributed by atoms with Crippen molar-refractivity contribution in [2.75, 3.05) is 5.32 Å². The molecule has 1 amide bonds. The van der Waals surface area contributed by atoms with Gasteiger partial charge < -0.3 is 4.42 Å². The first-order chi connectivity index (χ1) is 9.54. The number of hydrogen-bond acceptors (Lipinski definition) is 4. The van der Waals surface area contributed by atoms with Gasteiger partial charge in [0.05, 0.1) is 22.0 Å². The van der Waals surface area contributed by atoms with E-state index in [0.717, 1.165) is 15.8 Å². The second kappa shape index (κ2) is 4.92. The lowest BCUT2D eigenvalue weighted by molar-refractivity contribution is 0.102. The van der Waals surface area contributed by atoms with Crippen molar-refractivity contribution in [2.24, 2.45) is 0 Å². The van der Waals surface area contributed by atoms with E-state index in [1.807, 2.05) is 13.8 Å². The molecule has 0 aliphatic rings. The summed E-state index contributed by atoms with van der Waals surface area (Å²) in [6.45, 7) is 4.04. The van der Waals surface area contributed by atoms with Gasteiger partial charge in [0, 0.05) is 0 Å². The second-order valence-electron chi connectivity index (χ2n) is 4.51. The number of carbonyl (C=O) groups is 1. The summed E-state index contributed by atoms with van der Waals surface area (Å²) in [6.07, 6.45) is 1.38. The highest BCUT2D eigenvalue weighted by atomic mass is 35.5. The van der Waals surface area contributed by atoms with E-state index >= 15 is 0 Å². The van der Waals surface area contributed by atoms with Gasteiger partial charge in [-0.15, -0.1) is 0 Å². The van der Waals surface area contributed by atoms with Gasteiger partial charge in [-0.1, -0.05) is 17.4 Å². The average Bonchev–Trinajstić information content (AvgIpc) is 2.95. The smallest absolute Gasteiger partial charge is 0.262 e. The van der Waals surface area contributed by atoms with E-state index in [0.29, 0.717) is 10.7 Å². The van der Waals surface area contributed by atoms with Crippen LogP contribution in [0.5, 0.6) is 0 Å². The molecule has 0 bridgehead atoms. The highest BCUT2D eigenvalue weighted by Crippen LogP contribution is 2.30. The molecule has 0 atom stereocenters. The molecule has 4 nitrogen and oxygen atoms in total. The first-order valence-corrected chi connectivity index (χ1v) is 7.16. The lowest BCUT2D eigenvalue weighted by Crippen LogP contribution is -2.10. The SMILES string of the molecule is Cc1cc(C)c2nc(NC(=O)c3ccoc3Cl)sc2c1. The summed E-state index contributed by atoms with van der Waals surface area (Å²) >= 11 is 7.22. The maximum absolute atomic E-state index is 12.0. The standard InChI is InChI=1S/C14H11ClN2O2S/c1-7-5-8(2)11-10(6-7)20-14(16-11)17-13(18)9-3-4-19-12(9)15/h3-6H,1-2H3,(H,16,17,18). The molecule has 20 heavy (non-hydrogen) atoms. The number of nitrogens with zero attached hydrogens (tertiary/aromatic N) is 1. The predicted octanol–water partition coefficient (Wildman–Crippen LogP) is 4.41. The van der Waals surface area contributed by atoms with E-state index in [1.165, 1.54) is 29.2 Å². The molecule has 2 heterocycles. The summed E-state index contributed by atoms with van der Waals surface area (Å²) < 4.78 is 5.96. The van der Waals surface area contributed by atoms with Crippen LogP contribution in [-0.4, -0.2) is 10.9 Å². The summed E-state index contributed by atoms with van der Waals surface area (Å²) in [4.78, 5) is 16.5. The number of benzene rings is 1. The Bertz CT molecular complexity index is 807. The molecule has 3 rings (SSSR count).